The van der Waals surface area contributed by atoms with Gasteiger partial charge in [0.05, 0.1) is 5.41 Å². The molecular weight excluding hydrogens is 308 g/mol. The van der Waals surface area contributed by atoms with Gasteiger partial charge in [0.2, 0.25) is 5.91 Å². The molecule has 3 nitrogen and oxygen atoms in total. The highest BCUT2D eigenvalue weighted by molar-refractivity contribution is 5.88. The van der Waals surface area contributed by atoms with Crippen LogP contribution in [-0.2, 0) is 10.2 Å². The lowest BCUT2D eigenvalue weighted by molar-refractivity contribution is -0.128. The number of hydrogen-bond donors (Lipinski definition) is 2. The lowest BCUT2D eigenvalue weighted by Crippen LogP contribution is -2.48. The van der Waals surface area contributed by atoms with E-state index in [9.17, 15) is 4.79 Å². The minimum Gasteiger partial charge on any atom is -0.354 e. The van der Waals surface area contributed by atoms with Crippen LogP contribution in [0.4, 0.5) is 0 Å². The molecule has 0 bridgehead atoms. The molecule has 2 fully saturated rings. The highest BCUT2D eigenvalue weighted by Gasteiger charge is 2.41. The zero-order chi connectivity index (χ0) is 15.4. The van der Waals surface area contributed by atoms with Gasteiger partial charge in [-0.2, -0.15) is 0 Å². The van der Waals surface area contributed by atoms with E-state index in [0.29, 0.717) is 6.04 Å². The summed E-state index contributed by atoms with van der Waals surface area (Å²) in [6.07, 6.45) is 7.94. The van der Waals surface area contributed by atoms with Gasteiger partial charge in [-0.1, -0.05) is 49.1 Å². The van der Waals surface area contributed by atoms with Gasteiger partial charge in [-0.05, 0) is 44.7 Å². The Kier molecular flexibility index (Phi) is 6.49. The molecule has 0 aromatic heterocycles. The number of benzene rings is 1. The molecule has 1 saturated heterocycles. The molecule has 1 amide bonds. The SMILES string of the molecule is Cc1cccc(C2(C(=O)NCC3CCCN3)CCCCC2)c1.Cl. The summed E-state index contributed by atoms with van der Waals surface area (Å²) in [5, 5.41) is 6.71. The van der Waals surface area contributed by atoms with Crippen molar-refractivity contribution in [1.82, 2.24) is 10.6 Å². The maximum atomic E-state index is 13.0. The third-order valence-electron chi connectivity index (χ3n) is 5.38. The van der Waals surface area contributed by atoms with Crippen molar-refractivity contribution in [3.63, 3.8) is 0 Å². The number of aryl methyl sites for hydroxylation is 1. The van der Waals surface area contributed by atoms with E-state index < -0.39 is 0 Å². The molecule has 23 heavy (non-hydrogen) atoms. The minimum atomic E-state index is -0.303. The second-order valence-corrected chi connectivity index (χ2v) is 7.02. The van der Waals surface area contributed by atoms with Crippen molar-refractivity contribution in [1.29, 1.82) is 0 Å². The van der Waals surface area contributed by atoms with Gasteiger partial charge in [0.25, 0.3) is 0 Å². The van der Waals surface area contributed by atoms with Crippen LogP contribution in [0.25, 0.3) is 0 Å². The predicted molar refractivity (Wildman–Crippen MR) is 97.2 cm³/mol. The quantitative estimate of drug-likeness (QED) is 0.883. The van der Waals surface area contributed by atoms with E-state index in [-0.39, 0.29) is 23.7 Å². The first kappa shape index (κ1) is 18.3. The Morgan fingerprint density at radius 2 is 2.04 bits per heavy atom. The van der Waals surface area contributed by atoms with Crippen LogP contribution in [0.1, 0.15) is 56.1 Å². The largest absolute Gasteiger partial charge is 0.354 e. The lowest BCUT2D eigenvalue weighted by Gasteiger charge is -2.37. The van der Waals surface area contributed by atoms with Gasteiger partial charge in [-0.15, -0.1) is 12.4 Å². The van der Waals surface area contributed by atoms with Crippen molar-refractivity contribution in [2.24, 2.45) is 0 Å². The van der Waals surface area contributed by atoms with Crippen LogP contribution in [0.5, 0.6) is 0 Å². The number of rotatable bonds is 4. The topological polar surface area (TPSA) is 41.1 Å². The Balaban J connectivity index is 0.00000192. The van der Waals surface area contributed by atoms with Crippen LogP contribution in [0.3, 0.4) is 0 Å². The smallest absolute Gasteiger partial charge is 0.230 e. The van der Waals surface area contributed by atoms with E-state index in [0.717, 1.165) is 38.8 Å². The van der Waals surface area contributed by atoms with E-state index in [1.54, 1.807) is 0 Å². The fraction of sp³-hybridized carbons (Fsp3) is 0.632. The van der Waals surface area contributed by atoms with E-state index in [1.165, 1.54) is 30.4 Å². The monoisotopic (exact) mass is 336 g/mol. The van der Waals surface area contributed by atoms with Crippen LogP contribution in [-0.4, -0.2) is 25.0 Å². The number of amides is 1. The maximum absolute atomic E-state index is 13.0. The molecule has 1 aliphatic carbocycles. The molecule has 128 valence electrons. The summed E-state index contributed by atoms with van der Waals surface area (Å²) in [6, 6.07) is 9.01. The first-order valence-electron chi connectivity index (χ1n) is 8.79. The summed E-state index contributed by atoms with van der Waals surface area (Å²) < 4.78 is 0. The number of nitrogens with one attached hydrogen (secondary N) is 2. The minimum absolute atomic E-state index is 0. The molecule has 1 saturated carbocycles. The predicted octanol–water partition coefficient (Wildman–Crippen LogP) is 3.49. The molecule has 1 aromatic carbocycles. The third-order valence-corrected chi connectivity index (χ3v) is 5.38. The van der Waals surface area contributed by atoms with Crippen LogP contribution < -0.4 is 10.6 Å². The molecule has 1 atom stereocenters. The summed E-state index contributed by atoms with van der Waals surface area (Å²) in [4.78, 5) is 13.0. The van der Waals surface area contributed by atoms with E-state index >= 15 is 0 Å². The second kappa shape index (κ2) is 8.16. The molecule has 3 rings (SSSR count). The number of carbonyl (C=O) groups excluding carboxylic acids is 1. The van der Waals surface area contributed by atoms with Crippen molar-refractivity contribution in [3.05, 3.63) is 35.4 Å². The average Bonchev–Trinajstić information content (AvgIpc) is 3.06. The van der Waals surface area contributed by atoms with Crippen LogP contribution >= 0.6 is 12.4 Å². The van der Waals surface area contributed by atoms with Crippen molar-refractivity contribution in [3.8, 4) is 0 Å². The third kappa shape index (κ3) is 4.07. The lowest BCUT2D eigenvalue weighted by atomic mass is 9.68. The highest BCUT2D eigenvalue weighted by atomic mass is 35.5. The zero-order valence-electron chi connectivity index (χ0n) is 14.1. The van der Waals surface area contributed by atoms with Gasteiger partial charge in [0, 0.05) is 12.6 Å². The van der Waals surface area contributed by atoms with Crippen molar-refractivity contribution >= 4 is 18.3 Å². The fourth-order valence-electron chi connectivity index (χ4n) is 4.06. The van der Waals surface area contributed by atoms with Gasteiger partial charge in [0.1, 0.15) is 0 Å². The summed E-state index contributed by atoms with van der Waals surface area (Å²) in [6.45, 7) is 3.97. The maximum Gasteiger partial charge on any atom is 0.230 e. The number of halogens is 1. The fourth-order valence-corrected chi connectivity index (χ4v) is 4.06. The Labute approximate surface area is 146 Å². The summed E-state index contributed by atoms with van der Waals surface area (Å²) >= 11 is 0. The van der Waals surface area contributed by atoms with E-state index in [1.807, 2.05) is 0 Å². The Morgan fingerprint density at radius 1 is 1.26 bits per heavy atom. The molecule has 2 N–H and O–H groups in total. The molecule has 1 unspecified atom stereocenters. The first-order chi connectivity index (χ1) is 10.7. The molecule has 4 heteroatoms. The van der Waals surface area contributed by atoms with Crippen LogP contribution in [0, 0.1) is 6.92 Å². The van der Waals surface area contributed by atoms with Gasteiger partial charge in [-0.25, -0.2) is 0 Å². The van der Waals surface area contributed by atoms with Crippen molar-refractivity contribution < 1.29 is 4.79 Å². The van der Waals surface area contributed by atoms with Crippen molar-refractivity contribution in [2.45, 2.75) is 63.3 Å². The van der Waals surface area contributed by atoms with E-state index in [2.05, 4.69) is 41.8 Å². The standard InChI is InChI=1S/C19H28N2O.ClH/c1-15-7-5-8-16(13-15)19(10-3-2-4-11-19)18(22)21-14-17-9-6-12-20-17;/h5,7-8,13,17,20H,2-4,6,9-12,14H2,1H3,(H,21,22);1H. The van der Waals surface area contributed by atoms with Crippen molar-refractivity contribution in [2.75, 3.05) is 13.1 Å². The zero-order valence-corrected chi connectivity index (χ0v) is 14.9. The van der Waals surface area contributed by atoms with Gasteiger partial charge < -0.3 is 10.6 Å². The molecule has 0 radical (unpaired) electrons. The first-order valence-corrected chi connectivity index (χ1v) is 8.79. The average molecular weight is 337 g/mol. The Morgan fingerprint density at radius 3 is 2.70 bits per heavy atom. The van der Waals surface area contributed by atoms with Gasteiger partial charge in [0.15, 0.2) is 0 Å². The Bertz CT molecular complexity index is 520. The summed E-state index contributed by atoms with van der Waals surface area (Å²) in [7, 11) is 0. The molecule has 1 heterocycles. The normalized spacial score (nSPS) is 23.1. The molecule has 0 spiro atoms. The summed E-state index contributed by atoms with van der Waals surface area (Å²) in [5.41, 5.74) is 2.15. The van der Waals surface area contributed by atoms with Crippen LogP contribution in [0.15, 0.2) is 24.3 Å². The van der Waals surface area contributed by atoms with Gasteiger partial charge in [-0.3, -0.25) is 4.79 Å². The number of carbonyl (C=O) groups is 1. The molecule has 1 aromatic rings. The van der Waals surface area contributed by atoms with Crippen LogP contribution in [0.2, 0.25) is 0 Å². The Hall–Kier alpha value is -1.06. The van der Waals surface area contributed by atoms with E-state index in [4.69, 9.17) is 0 Å². The molecule has 1 aliphatic heterocycles. The second-order valence-electron chi connectivity index (χ2n) is 7.02. The van der Waals surface area contributed by atoms with Gasteiger partial charge >= 0.3 is 0 Å². The summed E-state index contributed by atoms with van der Waals surface area (Å²) in [5.74, 6) is 0.242. The number of hydrogen-bond acceptors (Lipinski definition) is 2. The molecule has 2 aliphatic rings. The molecular formula is C19H29ClN2O. The highest BCUT2D eigenvalue weighted by Crippen LogP contribution is 2.40.